The van der Waals surface area contributed by atoms with Gasteiger partial charge in [-0.25, -0.2) is 0 Å². The molecule has 1 unspecified atom stereocenters. The lowest BCUT2D eigenvalue weighted by Gasteiger charge is -2.17. The monoisotopic (exact) mass is 464 g/mol. The minimum atomic E-state index is -0.605. The lowest BCUT2D eigenvalue weighted by atomic mass is 10.2. The summed E-state index contributed by atoms with van der Waals surface area (Å²) in [5, 5.41) is 13.1. The van der Waals surface area contributed by atoms with Gasteiger partial charge in [-0.1, -0.05) is 48.5 Å². The van der Waals surface area contributed by atoms with Gasteiger partial charge in [-0.05, 0) is 42.0 Å². The summed E-state index contributed by atoms with van der Waals surface area (Å²) in [4.78, 5) is 13.9. The summed E-state index contributed by atoms with van der Waals surface area (Å²) >= 11 is 0. The first kappa shape index (κ1) is 25.1. The molecule has 3 aromatic carbocycles. The topological polar surface area (TPSA) is 80.3 Å². The molecule has 1 amide bonds. The molecule has 0 aliphatic rings. The van der Waals surface area contributed by atoms with Gasteiger partial charge in [-0.3, -0.25) is 4.79 Å². The van der Waals surface area contributed by atoms with E-state index in [1.165, 1.54) is 0 Å². The Morgan fingerprint density at radius 1 is 0.853 bits per heavy atom. The highest BCUT2D eigenvalue weighted by Gasteiger charge is 2.10. The summed E-state index contributed by atoms with van der Waals surface area (Å²) in [6.07, 6.45) is -0.605. The zero-order valence-corrected chi connectivity index (χ0v) is 19.4. The Hall–Kier alpha value is -3.55. The van der Waals surface area contributed by atoms with E-state index in [1.807, 2.05) is 60.7 Å². The second-order valence-corrected chi connectivity index (χ2v) is 7.83. The Labute approximate surface area is 200 Å². The van der Waals surface area contributed by atoms with Gasteiger partial charge in [0.05, 0.1) is 0 Å². The van der Waals surface area contributed by atoms with Crippen LogP contribution in [0.1, 0.15) is 5.56 Å². The van der Waals surface area contributed by atoms with Crippen LogP contribution in [0.5, 0.6) is 17.2 Å². The van der Waals surface area contributed by atoms with Gasteiger partial charge >= 0.3 is 0 Å². The lowest BCUT2D eigenvalue weighted by Crippen LogP contribution is -2.33. The van der Waals surface area contributed by atoms with Crippen LogP contribution in [-0.2, 0) is 11.3 Å². The molecule has 3 aromatic rings. The van der Waals surface area contributed by atoms with E-state index in [4.69, 9.17) is 14.2 Å². The van der Waals surface area contributed by atoms with Crippen LogP contribution in [0.2, 0.25) is 0 Å². The van der Waals surface area contributed by atoms with Gasteiger partial charge in [0.25, 0.3) is 5.91 Å². The number of hydrogen-bond acceptors (Lipinski definition) is 6. The molecule has 0 fully saturated rings. The molecule has 1 atom stereocenters. The van der Waals surface area contributed by atoms with E-state index in [2.05, 4.69) is 5.32 Å². The van der Waals surface area contributed by atoms with E-state index in [9.17, 15) is 9.90 Å². The first-order valence-electron chi connectivity index (χ1n) is 11.3. The number of para-hydroxylation sites is 1. The zero-order chi connectivity index (χ0) is 24.0. The zero-order valence-electron chi connectivity index (χ0n) is 19.4. The number of amides is 1. The summed E-state index contributed by atoms with van der Waals surface area (Å²) < 4.78 is 16.8. The number of aliphatic hydroxyl groups excluding tert-OH is 1. The number of carbonyl (C=O) groups is 1. The van der Waals surface area contributed by atoms with Gasteiger partial charge < -0.3 is 29.5 Å². The van der Waals surface area contributed by atoms with Crippen molar-refractivity contribution in [1.29, 1.82) is 0 Å². The van der Waals surface area contributed by atoms with E-state index >= 15 is 0 Å². The molecule has 0 aromatic heterocycles. The van der Waals surface area contributed by atoms with Crippen LogP contribution >= 0.6 is 0 Å². The predicted octanol–water partition coefficient (Wildman–Crippen LogP) is 3.13. The summed E-state index contributed by atoms with van der Waals surface area (Å²) in [6.45, 7) is 2.20. The minimum Gasteiger partial charge on any atom is -0.492 e. The largest absolute Gasteiger partial charge is 0.492 e. The van der Waals surface area contributed by atoms with Gasteiger partial charge in [-0.2, -0.15) is 0 Å². The Balaban J connectivity index is 1.27. The molecule has 0 heterocycles. The first-order chi connectivity index (χ1) is 16.6. The van der Waals surface area contributed by atoms with E-state index in [-0.39, 0.29) is 19.1 Å². The Morgan fingerprint density at radius 3 is 2.12 bits per heavy atom. The number of carbonyl (C=O) groups excluding carboxylic acids is 1. The third-order valence-corrected chi connectivity index (χ3v) is 4.99. The molecular weight excluding hydrogens is 432 g/mol. The van der Waals surface area contributed by atoms with Crippen LogP contribution in [-0.4, -0.2) is 62.0 Å². The normalized spacial score (nSPS) is 11.5. The number of aliphatic hydroxyl groups is 1. The molecule has 0 spiro atoms. The smallest absolute Gasteiger partial charge is 0.260 e. The second kappa shape index (κ2) is 13.9. The van der Waals surface area contributed by atoms with Gasteiger partial charge in [0.15, 0.2) is 6.61 Å². The van der Waals surface area contributed by atoms with Crippen molar-refractivity contribution in [2.24, 2.45) is 0 Å². The van der Waals surface area contributed by atoms with E-state index in [0.29, 0.717) is 37.7 Å². The highest BCUT2D eigenvalue weighted by Crippen LogP contribution is 2.17. The minimum absolute atomic E-state index is 0.0240. The number of hydrogen-bond donors (Lipinski definition) is 2. The van der Waals surface area contributed by atoms with E-state index < -0.39 is 6.10 Å². The van der Waals surface area contributed by atoms with Crippen molar-refractivity contribution in [3.8, 4) is 17.2 Å². The molecule has 0 aliphatic heterocycles. The van der Waals surface area contributed by atoms with Crippen molar-refractivity contribution in [2.45, 2.75) is 12.6 Å². The fourth-order valence-electron chi connectivity index (χ4n) is 3.11. The molecular formula is C27H32N2O5. The predicted molar refractivity (Wildman–Crippen MR) is 131 cm³/mol. The quantitative estimate of drug-likeness (QED) is 0.357. The average molecular weight is 465 g/mol. The van der Waals surface area contributed by atoms with Crippen LogP contribution < -0.4 is 19.5 Å². The van der Waals surface area contributed by atoms with Crippen molar-refractivity contribution >= 4 is 5.91 Å². The third kappa shape index (κ3) is 9.13. The highest BCUT2D eigenvalue weighted by atomic mass is 16.5. The molecule has 0 saturated heterocycles. The number of rotatable bonds is 14. The van der Waals surface area contributed by atoms with Crippen LogP contribution in [0, 0.1) is 0 Å². The number of nitrogens with zero attached hydrogens (tertiary/aromatic N) is 1. The summed E-state index contributed by atoms with van der Waals surface area (Å²) in [5.41, 5.74) is 1.07. The van der Waals surface area contributed by atoms with Crippen molar-refractivity contribution in [1.82, 2.24) is 10.2 Å². The second-order valence-electron chi connectivity index (χ2n) is 7.83. The van der Waals surface area contributed by atoms with Crippen molar-refractivity contribution < 1.29 is 24.1 Å². The van der Waals surface area contributed by atoms with Crippen LogP contribution in [0.3, 0.4) is 0 Å². The molecule has 7 nitrogen and oxygen atoms in total. The van der Waals surface area contributed by atoms with Crippen molar-refractivity contribution in [3.05, 3.63) is 90.5 Å². The number of likely N-dealkylation sites (N-methyl/N-ethyl adjacent to an activating group) is 1. The van der Waals surface area contributed by atoms with Gasteiger partial charge in [0.1, 0.15) is 36.6 Å². The maximum atomic E-state index is 12.3. The molecule has 7 heteroatoms. The fourth-order valence-corrected chi connectivity index (χ4v) is 3.11. The standard InChI is InChI=1S/C27H32N2O5/c1-29(19-22-8-4-2-5-9-22)27(31)21-34-26-14-12-25(13-15-26)32-17-16-28-18-23(30)20-33-24-10-6-3-7-11-24/h2-15,23,28,30H,16-21H2,1H3. The van der Waals surface area contributed by atoms with Gasteiger partial charge in [-0.15, -0.1) is 0 Å². The number of ether oxygens (including phenoxy) is 3. The maximum Gasteiger partial charge on any atom is 0.260 e. The summed E-state index contributed by atoms with van der Waals surface area (Å²) in [7, 11) is 1.76. The highest BCUT2D eigenvalue weighted by molar-refractivity contribution is 5.77. The molecule has 0 radical (unpaired) electrons. The fraction of sp³-hybridized carbons (Fsp3) is 0.296. The third-order valence-electron chi connectivity index (χ3n) is 4.99. The summed E-state index contributed by atoms with van der Waals surface area (Å²) in [6, 6.07) is 26.4. The van der Waals surface area contributed by atoms with Crippen LogP contribution in [0.25, 0.3) is 0 Å². The molecule has 0 aliphatic carbocycles. The lowest BCUT2D eigenvalue weighted by molar-refractivity contribution is -0.132. The number of benzene rings is 3. The van der Waals surface area contributed by atoms with Crippen molar-refractivity contribution in [2.75, 3.05) is 40.0 Å². The Kier molecular flexibility index (Phi) is 10.2. The SMILES string of the molecule is CN(Cc1ccccc1)C(=O)COc1ccc(OCCNCC(O)COc2ccccc2)cc1. The summed E-state index contributed by atoms with van der Waals surface area (Å²) in [5.74, 6) is 1.95. The van der Waals surface area contributed by atoms with Crippen LogP contribution in [0.15, 0.2) is 84.9 Å². The molecule has 180 valence electrons. The Morgan fingerprint density at radius 2 is 1.44 bits per heavy atom. The van der Waals surface area contributed by atoms with Crippen molar-refractivity contribution in [3.63, 3.8) is 0 Å². The molecule has 2 N–H and O–H groups in total. The van der Waals surface area contributed by atoms with Gasteiger partial charge in [0.2, 0.25) is 0 Å². The molecule has 0 saturated carbocycles. The van der Waals surface area contributed by atoms with Crippen LogP contribution in [0.4, 0.5) is 0 Å². The van der Waals surface area contributed by atoms with Gasteiger partial charge in [0, 0.05) is 26.7 Å². The number of nitrogens with one attached hydrogen (secondary N) is 1. The average Bonchev–Trinajstić information content (AvgIpc) is 2.87. The molecule has 34 heavy (non-hydrogen) atoms. The van der Waals surface area contributed by atoms with E-state index in [0.717, 1.165) is 11.3 Å². The molecule has 0 bridgehead atoms. The molecule has 3 rings (SSSR count). The van der Waals surface area contributed by atoms with E-state index in [1.54, 1.807) is 36.2 Å². The first-order valence-corrected chi connectivity index (χ1v) is 11.3. The Bertz CT molecular complexity index is 967. The maximum absolute atomic E-state index is 12.3.